The Morgan fingerprint density at radius 3 is 2.83 bits per heavy atom. The first-order valence-corrected chi connectivity index (χ1v) is 12.1. The highest BCUT2D eigenvalue weighted by molar-refractivity contribution is 6.00. The van der Waals surface area contributed by atoms with Gasteiger partial charge in [-0.25, -0.2) is 13.8 Å². The lowest BCUT2D eigenvalue weighted by Crippen LogP contribution is -2.45. The van der Waals surface area contributed by atoms with Crippen molar-refractivity contribution in [2.24, 2.45) is 5.73 Å². The number of imidazole rings is 1. The molecule has 2 aromatic heterocycles. The molecule has 188 valence electrons. The molecule has 2 N–H and O–H groups in total. The molecule has 0 spiro atoms. The highest BCUT2D eigenvalue weighted by atomic mass is 19.2. The lowest BCUT2D eigenvalue weighted by Gasteiger charge is -2.31. The number of amides is 1. The zero-order valence-electron chi connectivity index (χ0n) is 20.0. The van der Waals surface area contributed by atoms with E-state index in [9.17, 15) is 13.6 Å². The van der Waals surface area contributed by atoms with E-state index in [1.165, 1.54) is 12.1 Å². The average Bonchev–Trinajstić information content (AvgIpc) is 3.41. The van der Waals surface area contributed by atoms with Crippen LogP contribution in [-0.2, 0) is 17.8 Å². The van der Waals surface area contributed by atoms with Gasteiger partial charge in [-0.3, -0.25) is 4.79 Å². The predicted octanol–water partition coefficient (Wildman–Crippen LogP) is 3.54. The van der Waals surface area contributed by atoms with Gasteiger partial charge in [0.1, 0.15) is 17.9 Å². The number of aromatic nitrogens is 3. The molecule has 2 aromatic carbocycles. The molecule has 4 aromatic rings. The smallest absolute Gasteiger partial charge is 0.254 e. The fourth-order valence-electron chi connectivity index (χ4n) is 5.37. The van der Waals surface area contributed by atoms with E-state index in [0.717, 1.165) is 18.4 Å². The molecule has 1 amide bonds. The van der Waals surface area contributed by atoms with Gasteiger partial charge < -0.3 is 29.2 Å². The fourth-order valence-corrected chi connectivity index (χ4v) is 5.37. The number of nitrogens with two attached hydrogens (primary N) is 1. The Hall–Kier alpha value is -3.50. The van der Waals surface area contributed by atoms with Crippen LogP contribution in [0.3, 0.4) is 0 Å². The van der Waals surface area contributed by atoms with Crippen LogP contribution in [0.2, 0.25) is 0 Å². The molecule has 1 saturated heterocycles. The minimum Gasteiger partial charge on any atom is -0.489 e. The van der Waals surface area contributed by atoms with Crippen LogP contribution in [0, 0.1) is 11.6 Å². The number of rotatable bonds is 5. The normalized spacial score (nSPS) is 17.7. The number of hydrogen-bond acceptors (Lipinski definition) is 5. The number of likely N-dealkylation sites (tertiary alicyclic amines) is 1. The maximum Gasteiger partial charge on any atom is 0.254 e. The summed E-state index contributed by atoms with van der Waals surface area (Å²) >= 11 is 0. The van der Waals surface area contributed by atoms with E-state index in [1.54, 1.807) is 24.1 Å². The van der Waals surface area contributed by atoms with Crippen LogP contribution in [0.15, 0.2) is 30.3 Å². The van der Waals surface area contributed by atoms with Crippen molar-refractivity contribution in [3.05, 3.63) is 47.5 Å². The number of piperidine rings is 1. The maximum atomic E-state index is 14.1. The Kier molecular flexibility index (Phi) is 5.65. The van der Waals surface area contributed by atoms with Crippen LogP contribution in [0.1, 0.15) is 23.2 Å². The fraction of sp³-hybridized carbons (Fsp3) is 0.385. The standard InChI is InChI=1S/C26H27F2N5O3/c1-35-7-5-32-21-13-19(28)18(27)9-15(21)11-22(32)25-30-20-10-16(12-23-24(20)33(25)6-8-36-23)26(34)31-4-2-3-17(29)14-31/h9-13,17H,2-8,14,29H2,1H3. The summed E-state index contributed by atoms with van der Waals surface area (Å²) in [5.74, 6) is -0.652. The molecule has 0 aliphatic carbocycles. The largest absolute Gasteiger partial charge is 0.489 e. The number of methoxy groups -OCH3 is 1. The average molecular weight is 496 g/mol. The highest BCUT2D eigenvalue weighted by Crippen LogP contribution is 2.37. The first-order valence-electron chi connectivity index (χ1n) is 12.1. The first kappa shape index (κ1) is 22.9. The Bertz CT molecular complexity index is 1490. The number of carbonyl (C=O) groups excluding carboxylic acids is 1. The topological polar surface area (TPSA) is 87.5 Å². The molecule has 1 atom stereocenters. The van der Waals surface area contributed by atoms with Gasteiger partial charge in [0.2, 0.25) is 0 Å². The summed E-state index contributed by atoms with van der Waals surface area (Å²) in [6.07, 6.45) is 1.79. The third-order valence-electron chi connectivity index (χ3n) is 7.06. The molecule has 2 aliphatic heterocycles. The molecule has 10 heteroatoms. The second kappa shape index (κ2) is 8.86. The molecular formula is C26H27F2N5O3. The third kappa shape index (κ3) is 3.72. The number of hydrogen-bond donors (Lipinski definition) is 1. The van der Waals surface area contributed by atoms with Gasteiger partial charge in [-0.05, 0) is 37.1 Å². The second-order valence-electron chi connectivity index (χ2n) is 9.43. The van der Waals surface area contributed by atoms with E-state index in [0.29, 0.717) is 78.6 Å². The summed E-state index contributed by atoms with van der Waals surface area (Å²) in [4.78, 5) is 20.0. The predicted molar refractivity (Wildman–Crippen MR) is 131 cm³/mol. The van der Waals surface area contributed by atoms with E-state index in [4.69, 9.17) is 20.2 Å². The van der Waals surface area contributed by atoms with E-state index in [-0.39, 0.29) is 11.9 Å². The van der Waals surface area contributed by atoms with Crippen LogP contribution in [-0.4, -0.2) is 64.4 Å². The van der Waals surface area contributed by atoms with Gasteiger partial charge >= 0.3 is 0 Å². The minimum absolute atomic E-state index is 0.0180. The third-order valence-corrected chi connectivity index (χ3v) is 7.06. The monoisotopic (exact) mass is 495 g/mol. The van der Waals surface area contributed by atoms with Crippen LogP contribution >= 0.6 is 0 Å². The van der Waals surface area contributed by atoms with Gasteiger partial charge in [-0.15, -0.1) is 0 Å². The number of fused-ring (bicyclic) bond motifs is 1. The molecule has 0 saturated carbocycles. The molecule has 8 nitrogen and oxygen atoms in total. The summed E-state index contributed by atoms with van der Waals surface area (Å²) < 4.78 is 43.3. The van der Waals surface area contributed by atoms with Crippen molar-refractivity contribution in [3.63, 3.8) is 0 Å². The zero-order valence-corrected chi connectivity index (χ0v) is 20.0. The van der Waals surface area contributed by atoms with Crippen molar-refractivity contribution < 1.29 is 23.0 Å². The van der Waals surface area contributed by atoms with E-state index in [2.05, 4.69) is 0 Å². The van der Waals surface area contributed by atoms with E-state index >= 15 is 0 Å². The maximum absolute atomic E-state index is 14.1. The van der Waals surface area contributed by atoms with Crippen LogP contribution in [0.5, 0.6) is 5.75 Å². The van der Waals surface area contributed by atoms with Crippen molar-refractivity contribution in [2.45, 2.75) is 32.0 Å². The van der Waals surface area contributed by atoms with Crippen molar-refractivity contribution in [2.75, 3.05) is 33.4 Å². The Morgan fingerprint density at radius 2 is 2.03 bits per heavy atom. The van der Waals surface area contributed by atoms with Crippen molar-refractivity contribution >= 4 is 27.8 Å². The first-order chi connectivity index (χ1) is 17.4. The Balaban J connectivity index is 1.50. The number of ether oxygens (including phenoxy) is 2. The van der Waals surface area contributed by atoms with Gasteiger partial charge in [0, 0.05) is 49.8 Å². The summed E-state index contributed by atoms with van der Waals surface area (Å²) in [6, 6.07) is 7.77. The van der Waals surface area contributed by atoms with Crippen LogP contribution in [0.4, 0.5) is 8.78 Å². The second-order valence-corrected chi connectivity index (χ2v) is 9.43. The summed E-state index contributed by atoms with van der Waals surface area (Å²) in [7, 11) is 1.59. The number of halogens is 2. The molecule has 1 unspecified atom stereocenters. The Morgan fingerprint density at radius 1 is 1.19 bits per heavy atom. The zero-order chi connectivity index (χ0) is 25.0. The number of benzene rings is 2. The highest BCUT2D eigenvalue weighted by Gasteiger charge is 2.28. The van der Waals surface area contributed by atoms with Crippen LogP contribution < -0.4 is 10.5 Å². The van der Waals surface area contributed by atoms with Crippen molar-refractivity contribution in [3.8, 4) is 17.3 Å². The minimum atomic E-state index is -0.906. The number of carbonyl (C=O) groups is 1. The summed E-state index contributed by atoms with van der Waals surface area (Å²) in [6.45, 7) is 3.00. The summed E-state index contributed by atoms with van der Waals surface area (Å²) in [5, 5.41) is 0.574. The number of nitrogens with zero attached hydrogens (tertiary/aromatic N) is 4. The quantitative estimate of drug-likeness (QED) is 0.458. The van der Waals surface area contributed by atoms with Gasteiger partial charge in [0.25, 0.3) is 5.91 Å². The van der Waals surface area contributed by atoms with Crippen LogP contribution in [0.25, 0.3) is 33.5 Å². The SMILES string of the molecule is COCCn1c(-c2nc3cc(C(=O)N4CCCC(N)C4)cc4c3n2CCO4)cc2cc(F)c(F)cc21. The lowest BCUT2D eigenvalue weighted by atomic mass is 10.0. The molecule has 2 aliphatic rings. The molecular weight excluding hydrogens is 468 g/mol. The summed E-state index contributed by atoms with van der Waals surface area (Å²) in [5.41, 5.74) is 9.30. The molecule has 1 fully saturated rings. The van der Waals surface area contributed by atoms with Crippen molar-refractivity contribution in [1.82, 2.24) is 19.0 Å². The van der Waals surface area contributed by atoms with Gasteiger partial charge in [-0.1, -0.05) is 0 Å². The molecule has 0 bridgehead atoms. The van der Waals surface area contributed by atoms with E-state index in [1.807, 2.05) is 15.2 Å². The lowest BCUT2D eigenvalue weighted by molar-refractivity contribution is 0.0708. The molecule has 36 heavy (non-hydrogen) atoms. The van der Waals surface area contributed by atoms with E-state index < -0.39 is 11.6 Å². The van der Waals surface area contributed by atoms with Crippen molar-refractivity contribution in [1.29, 1.82) is 0 Å². The molecule has 6 rings (SSSR count). The van der Waals surface area contributed by atoms with Gasteiger partial charge in [-0.2, -0.15) is 0 Å². The Labute approximate surface area is 206 Å². The molecule has 0 radical (unpaired) electrons. The van der Waals surface area contributed by atoms with Gasteiger partial charge in [0.05, 0.1) is 29.9 Å². The molecule has 4 heterocycles. The van der Waals surface area contributed by atoms with Gasteiger partial charge in [0.15, 0.2) is 17.5 Å².